The number of aromatic nitrogens is 2. The maximum Gasteiger partial charge on any atom is 0.261 e. The van der Waals surface area contributed by atoms with Crippen LogP contribution in [-0.4, -0.2) is 22.3 Å². The van der Waals surface area contributed by atoms with Gasteiger partial charge in [-0.15, -0.1) is 11.3 Å². The van der Waals surface area contributed by atoms with Crippen LogP contribution in [0.3, 0.4) is 0 Å². The molecule has 0 saturated heterocycles. The Kier molecular flexibility index (Phi) is 4.88. The number of imidazole rings is 1. The molecule has 0 spiro atoms. The number of nitrogens with zero attached hydrogens (tertiary/aromatic N) is 2. The number of carbonyl (C=O) groups excluding carboxylic acids is 1. The summed E-state index contributed by atoms with van der Waals surface area (Å²) in [6.07, 6.45) is 1.02. The molecular weight excluding hydrogens is 398 g/mol. The van der Waals surface area contributed by atoms with Crippen LogP contribution in [0, 0.1) is 0 Å². The molecule has 0 radical (unpaired) electrons. The molecule has 0 atom stereocenters. The van der Waals surface area contributed by atoms with E-state index in [4.69, 9.17) is 14.5 Å². The van der Waals surface area contributed by atoms with Crippen molar-refractivity contribution in [2.24, 2.45) is 0 Å². The number of amides is 1. The molecule has 5 rings (SSSR count). The van der Waals surface area contributed by atoms with Crippen molar-refractivity contribution >= 4 is 28.3 Å². The number of hydrogen-bond acceptors (Lipinski definition) is 5. The fourth-order valence-corrected chi connectivity index (χ4v) is 4.54. The van der Waals surface area contributed by atoms with Crippen molar-refractivity contribution in [3.63, 3.8) is 0 Å². The molecule has 0 saturated carbocycles. The van der Waals surface area contributed by atoms with Gasteiger partial charge in [-0.2, -0.15) is 0 Å². The lowest BCUT2D eigenvalue weighted by Gasteiger charge is -2.06. The summed E-state index contributed by atoms with van der Waals surface area (Å²) >= 11 is 1.46. The third kappa shape index (κ3) is 3.41. The van der Waals surface area contributed by atoms with Crippen molar-refractivity contribution in [1.82, 2.24) is 14.9 Å². The fourth-order valence-electron chi connectivity index (χ4n) is 3.61. The first-order valence-electron chi connectivity index (χ1n) is 9.95. The number of nitrogens with one attached hydrogen (secondary N) is 1. The van der Waals surface area contributed by atoms with E-state index in [1.807, 2.05) is 48.5 Å². The van der Waals surface area contributed by atoms with E-state index in [1.165, 1.54) is 11.3 Å². The zero-order chi connectivity index (χ0) is 20.5. The van der Waals surface area contributed by atoms with Gasteiger partial charge in [0, 0.05) is 13.1 Å². The Morgan fingerprint density at radius 3 is 2.90 bits per heavy atom. The van der Waals surface area contributed by atoms with Gasteiger partial charge in [0.1, 0.15) is 0 Å². The zero-order valence-corrected chi connectivity index (χ0v) is 17.4. The zero-order valence-electron chi connectivity index (χ0n) is 16.6. The van der Waals surface area contributed by atoms with E-state index in [0.717, 1.165) is 51.8 Å². The number of fused-ring (bicyclic) bond motifs is 2. The minimum Gasteiger partial charge on any atom is -0.454 e. The molecule has 4 aromatic rings. The van der Waals surface area contributed by atoms with Crippen molar-refractivity contribution < 1.29 is 14.3 Å². The predicted octanol–water partition coefficient (Wildman–Crippen LogP) is 4.83. The van der Waals surface area contributed by atoms with E-state index in [1.54, 1.807) is 0 Å². The first-order chi connectivity index (χ1) is 14.7. The second-order valence-electron chi connectivity index (χ2n) is 7.11. The first kappa shape index (κ1) is 18.7. The first-order valence-corrected chi connectivity index (χ1v) is 10.8. The summed E-state index contributed by atoms with van der Waals surface area (Å²) in [5.41, 5.74) is 3.06. The van der Waals surface area contributed by atoms with Gasteiger partial charge in [-0.3, -0.25) is 4.79 Å². The molecule has 30 heavy (non-hydrogen) atoms. The van der Waals surface area contributed by atoms with Crippen LogP contribution in [0.4, 0.5) is 0 Å². The molecule has 1 amide bonds. The number of hydrogen-bond donors (Lipinski definition) is 1. The quantitative estimate of drug-likeness (QED) is 0.486. The SMILES string of the molecule is CCCn1c(-c2ccc(C(=O)NCc3ccc4c(c3)OCO4)s2)nc2ccccc21. The number of para-hydroxylation sites is 2. The minimum atomic E-state index is -0.0953. The highest BCUT2D eigenvalue weighted by atomic mass is 32.1. The number of benzene rings is 2. The van der Waals surface area contributed by atoms with Crippen molar-refractivity contribution in [3.05, 3.63) is 65.0 Å². The molecule has 3 heterocycles. The van der Waals surface area contributed by atoms with E-state index in [-0.39, 0.29) is 12.7 Å². The Bertz CT molecular complexity index is 1230. The van der Waals surface area contributed by atoms with E-state index in [2.05, 4.69) is 22.9 Å². The van der Waals surface area contributed by atoms with Gasteiger partial charge in [-0.25, -0.2) is 4.98 Å². The number of carbonyl (C=O) groups is 1. The number of rotatable bonds is 6. The van der Waals surface area contributed by atoms with Gasteiger partial charge in [-0.05, 0) is 48.4 Å². The molecule has 2 aromatic heterocycles. The van der Waals surface area contributed by atoms with Gasteiger partial charge in [0.25, 0.3) is 5.91 Å². The predicted molar refractivity (Wildman–Crippen MR) is 117 cm³/mol. The molecule has 0 fully saturated rings. The van der Waals surface area contributed by atoms with Crippen LogP contribution in [0.2, 0.25) is 0 Å². The molecule has 1 N–H and O–H groups in total. The molecule has 7 heteroatoms. The lowest BCUT2D eigenvalue weighted by atomic mass is 10.2. The van der Waals surface area contributed by atoms with Crippen LogP contribution in [0.5, 0.6) is 11.5 Å². The third-order valence-corrected chi connectivity index (χ3v) is 6.12. The molecule has 0 unspecified atom stereocenters. The van der Waals surface area contributed by atoms with Crippen LogP contribution in [0.25, 0.3) is 21.7 Å². The summed E-state index contributed by atoms with van der Waals surface area (Å²) in [5.74, 6) is 2.28. The number of ether oxygens (including phenoxy) is 2. The molecule has 1 aliphatic rings. The van der Waals surface area contributed by atoms with Gasteiger partial charge in [0.15, 0.2) is 17.3 Å². The Morgan fingerprint density at radius 1 is 1.13 bits per heavy atom. The van der Waals surface area contributed by atoms with Crippen molar-refractivity contribution in [2.75, 3.05) is 6.79 Å². The largest absolute Gasteiger partial charge is 0.454 e. The molecule has 1 aliphatic heterocycles. The molecule has 0 bridgehead atoms. The van der Waals surface area contributed by atoms with E-state index < -0.39 is 0 Å². The third-order valence-electron chi connectivity index (χ3n) is 5.04. The van der Waals surface area contributed by atoms with Crippen LogP contribution < -0.4 is 14.8 Å². The lowest BCUT2D eigenvalue weighted by molar-refractivity contribution is 0.0955. The standard InChI is InChI=1S/C23H21N3O3S/c1-2-11-26-17-6-4-3-5-16(17)25-22(26)20-9-10-21(30-20)23(27)24-13-15-7-8-18-19(12-15)29-14-28-18/h3-10,12H,2,11,13-14H2,1H3,(H,24,27). The van der Waals surface area contributed by atoms with Crippen molar-refractivity contribution in [1.29, 1.82) is 0 Å². The minimum absolute atomic E-state index is 0.0953. The van der Waals surface area contributed by atoms with Gasteiger partial charge in [0.05, 0.1) is 20.8 Å². The summed E-state index contributed by atoms with van der Waals surface area (Å²) in [6.45, 7) is 3.71. The summed E-state index contributed by atoms with van der Waals surface area (Å²) in [4.78, 5) is 19.2. The summed E-state index contributed by atoms with van der Waals surface area (Å²) in [5, 5.41) is 2.99. The van der Waals surface area contributed by atoms with E-state index >= 15 is 0 Å². The maximum atomic E-state index is 12.7. The highest BCUT2D eigenvalue weighted by Crippen LogP contribution is 2.33. The van der Waals surface area contributed by atoms with Gasteiger partial charge >= 0.3 is 0 Å². The van der Waals surface area contributed by atoms with Crippen LogP contribution in [0.1, 0.15) is 28.6 Å². The van der Waals surface area contributed by atoms with Crippen molar-refractivity contribution in [2.45, 2.75) is 26.4 Å². The summed E-state index contributed by atoms with van der Waals surface area (Å²) < 4.78 is 13.0. The summed E-state index contributed by atoms with van der Waals surface area (Å²) in [7, 11) is 0. The second kappa shape index (κ2) is 7.84. The van der Waals surface area contributed by atoms with Gasteiger partial charge in [-0.1, -0.05) is 25.1 Å². The monoisotopic (exact) mass is 419 g/mol. The normalized spacial score (nSPS) is 12.4. The number of aryl methyl sites for hydroxylation is 1. The van der Waals surface area contributed by atoms with Gasteiger partial charge in [0.2, 0.25) is 6.79 Å². The van der Waals surface area contributed by atoms with Crippen LogP contribution >= 0.6 is 11.3 Å². The van der Waals surface area contributed by atoms with Crippen LogP contribution in [0.15, 0.2) is 54.6 Å². The fraction of sp³-hybridized carbons (Fsp3) is 0.217. The molecule has 0 aliphatic carbocycles. The average Bonchev–Trinajstić information content (AvgIpc) is 3.50. The Labute approximate surface area is 178 Å². The van der Waals surface area contributed by atoms with E-state index in [9.17, 15) is 4.79 Å². The lowest BCUT2D eigenvalue weighted by Crippen LogP contribution is -2.21. The Balaban J connectivity index is 1.34. The average molecular weight is 420 g/mol. The smallest absolute Gasteiger partial charge is 0.261 e. The second-order valence-corrected chi connectivity index (χ2v) is 8.19. The van der Waals surface area contributed by atoms with Crippen molar-refractivity contribution in [3.8, 4) is 22.2 Å². The Morgan fingerprint density at radius 2 is 2.00 bits per heavy atom. The molecular formula is C23H21N3O3S. The highest BCUT2D eigenvalue weighted by molar-refractivity contribution is 7.17. The summed E-state index contributed by atoms with van der Waals surface area (Å²) in [6, 6.07) is 17.7. The molecule has 2 aromatic carbocycles. The van der Waals surface area contributed by atoms with Gasteiger partial charge < -0.3 is 19.4 Å². The molecule has 6 nitrogen and oxygen atoms in total. The highest BCUT2D eigenvalue weighted by Gasteiger charge is 2.17. The van der Waals surface area contributed by atoms with Crippen LogP contribution in [-0.2, 0) is 13.1 Å². The maximum absolute atomic E-state index is 12.7. The molecule has 152 valence electrons. The van der Waals surface area contributed by atoms with E-state index in [0.29, 0.717) is 11.4 Å². The number of thiophene rings is 1. The topological polar surface area (TPSA) is 65.4 Å². The Hall–Kier alpha value is -3.32.